The number of rotatable bonds is 2. The van der Waals surface area contributed by atoms with Crippen molar-refractivity contribution in [2.75, 3.05) is 0 Å². The largest absolute Gasteiger partial charge is 0.334 e. The van der Waals surface area contributed by atoms with E-state index in [-0.39, 0.29) is 6.54 Å². The average molecular weight is 224 g/mol. The Labute approximate surface area is 92.0 Å². The lowest BCUT2D eigenvalue weighted by molar-refractivity contribution is 0.423. The fraction of sp³-hybridized carbons (Fsp3) is 0.200. The van der Waals surface area contributed by atoms with Gasteiger partial charge in [-0.1, -0.05) is 16.8 Å². The maximum absolute atomic E-state index is 5.91. The third-order valence-electron chi connectivity index (χ3n) is 2.06. The van der Waals surface area contributed by atoms with Gasteiger partial charge < -0.3 is 10.3 Å². The van der Waals surface area contributed by atoms with Crippen LogP contribution in [0.15, 0.2) is 22.7 Å². The molecule has 0 aliphatic carbocycles. The van der Waals surface area contributed by atoms with Gasteiger partial charge in [0.25, 0.3) is 5.89 Å². The summed E-state index contributed by atoms with van der Waals surface area (Å²) in [5.41, 5.74) is 7.21. The lowest BCUT2D eigenvalue weighted by atomic mass is 10.1. The fourth-order valence-electron chi connectivity index (χ4n) is 1.23. The van der Waals surface area contributed by atoms with Gasteiger partial charge in [0.05, 0.1) is 6.54 Å². The maximum atomic E-state index is 5.91. The van der Waals surface area contributed by atoms with Gasteiger partial charge in [-0.3, -0.25) is 0 Å². The van der Waals surface area contributed by atoms with E-state index >= 15 is 0 Å². The molecule has 0 unspecified atom stereocenters. The number of halogens is 1. The van der Waals surface area contributed by atoms with E-state index in [0.29, 0.717) is 11.7 Å². The monoisotopic (exact) mass is 223 g/mol. The Balaban J connectivity index is 2.40. The van der Waals surface area contributed by atoms with Crippen LogP contribution in [0, 0.1) is 6.92 Å². The highest BCUT2D eigenvalue weighted by Crippen LogP contribution is 2.23. The van der Waals surface area contributed by atoms with Crippen molar-refractivity contribution in [2.24, 2.45) is 5.73 Å². The van der Waals surface area contributed by atoms with Crippen LogP contribution >= 0.6 is 11.6 Å². The molecule has 0 saturated carbocycles. The molecule has 0 bridgehead atoms. The molecule has 78 valence electrons. The Morgan fingerprint density at radius 2 is 2.27 bits per heavy atom. The van der Waals surface area contributed by atoms with Gasteiger partial charge in [-0.05, 0) is 30.7 Å². The third kappa shape index (κ3) is 2.00. The Kier molecular flexibility index (Phi) is 2.70. The first-order valence-electron chi connectivity index (χ1n) is 4.50. The number of hydrogen-bond donors (Lipinski definition) is 1. The molecule has 0 radical (unpaired) electrons. The van der Waals surface area contributed by atoms with Crippen molar-refractivity contribution in [3.05, 3.63) is 34.6 Å². The second-order valence-electron chi connectivity index (χ2n) is 3.18. The molecule has 1 heterocycles. The van der Waals surface area contributed by atoms with Crippen LogP contribution in [0.5, 0.6) is 0 Å². The van der Waals surface area contributed by atoms with Crippen molar-refractivity contribution < 1.29 is 4.52 Å². The summed E-state index contributed by atoms with van der Waals surface area (Å²) in [6, 6.07) is 5.54. The normalized spacial score (nSPS) is 10.6. The van der Waals surface area contributed by atoms with E-state index in [1.807, 2.05) is 19.1 Å². The van der Waals surface area contributed by atoms with Crippen LogP contribution in [0.4, 0.5) is 0 Å². The van der Waals surface area contributed by atoms with Crippen LogP contribution in [-0.4, -0.2) is 10.1 Å². The number of nitrogens with zero attached hydrogens (tertiary/aromatic N) is 2. The topological polar surface area (TPSA) is 64.9 Å². The molecule has 0 fully saturated rings. The predicted molar refractivity (Wildman–Crippen MR) is 57.4 cm³/mol. The minimum absolute atomic E-state index is 0.274. The average Bonchev–Trinajstić information content (AvgIpc) is 2.70. The zero-order valence-electron chi connectivity index (χ0n) is 8.20. The van der Waals surface area contributed by atoms with Gasteiger partial charge in [0.15, 0.2) is 5.82 Å². The van der Waals surface area contributed by atoms with E-state index in [1.54, 1.807) is 6.07 Å². The minimum atomic E-state index is 0.274. The molecule has 0 saturated heterocycles. The lowest BCUT2D eigenvalue weighted by Gasteiger charge is -1.98. The van der Waals surface area contributed by atoms with Crippen LogP contribution < -0.4 is 5.73 Å². The van der Waals surface area contributed by atoms with Crippen molar-refractivity contribution in [1.82, 2.24) is 10.1 Å². The number of aromatic nitrogens is 2. The van der Waals surface area contributed by atoms with Crippen LogP contribution in [0.1, 0.15) is 11.4 Å². The van der Waals surface area contributed by atoms with E-state index in [1.165, 1.54) is 0 Å². The van der Waals surface area contributed by atoms with Crippen LogP contribution in [0.25, 0.3) is 11.5 Å². The smallest absolute Gasteiger partial charge is 0.257 e. The summed E-state index contributed by atoms with van der Waals surface area (Å²) in [4.78, 5) is 4.12. The van der Waals surface area contributed by atoms with Crippen molar-refractivity contribution >= 4 is 11.6 Å². The Hall–Kier alpha value is -1.39. The standard InChI is InChI=1S/C10H10ClN3O/c1-6-4-7(2-3-8(6)11)10-13-9(5-12)14-15-10/h2-4H,5,12H2,1H3. The molecule has 0 aliphatic rings. The molecule has 0 spiro atoms. The molecular formula is C10H10ClN3O. The minimum Gasteiger partial charge on any atom is -0.334 e. The number of benzene rings is 1. The molecule has 2 aromatic rings. The van der Waals surface area contributed by atoms with Crippen molar-refractivity contribution in [2.45, 2.75) is 13.5 Å². The number of aryl methyl sites for hydroxylation is 1. The maximum Gasteiger partial charge on any atom is 0.257 e. The Morgan fingerprint density at radius 1 is 1.47 bits per heavy atom. The first-order valence-corrected chi connectivity index (χ1v) is 4.87. The van der Waals surface area contributed by atoms with E-state index < -0.39 is 0 Å². The summed E-state index contributed by atoms with van der Waals surface area (Å²) in [5.74, 6) is 0.966. The molecule has 4 nitrogen and oxygen atoms in total. The van der Waals surface area contributed by atoms with E-state index in [2.05, 4.69) is 10.1 Å². The number of nitrogens with two attached hydrogens (primary N) is 1. The summed E-state index contributed by atoms with van der Waals surface area (Å²) in [6.45, 7) is 2.20. The van der Waals surface area contributed by atoms with Gasteiger partial charge in [0.1, 0.15) is 0 Å². The molecule has 0 atom stereocenters. The highest BCUT2D eigenvalue weighted by Gasteiger charge is 2.08. The van der Waals surface area contributed by atoms with Gasteiger partial charge >= 0.3 is 0 Å². The van der Waals surface area contributed by atoms with Gasteiger partial charge in [-0.25, -0.2) is 0 Å². The molecule has 0 amide bonds. The van der Waals surface area contributed by atoms with E-state index in [0.717, 1.165) is 16.1 Å². The summed E-state index contributed by atoms with van der Waals surface area (Å²) >= 11 is 5.91. The van der Waals surface area contributed by atoms with Crippen LogP contribution in [0.2, 0.25) is 5.02 Å². The molecule has 1 aromatic carbocycles. The highest BCUT2D eigenvalue weighted by molar-refractivity contribution is 6.31. The molecular weight excluding hydrogens is 214 g/mol. The molecule has 15 heavy (non-hydrogen) atoms. The summed E-state index contributed by atoms with van der Waals surface area (Å²) in [5, 5.41) is 4.44. The third-order valence-corrected chi connectivity index (χ3v) is 2.48. The zero-order chi connectivity index (χ0) is 10.8. The number of hydrogen-bond acceptors (Lipinski definition) is 4. The zero-order valence-corrected chi connectivity index (χ0v) is 8.95. The summed E-state index contributed by atoms with van der Waals surface area (Å²) in [7, 11) is 0. The first-order chi connectivity index (χ1) is 7.20. The van der Waals surface area contributed by atoms with Crippen molar-refractivity contribution in [3.8, 4) is 11.5 Å². The van der Waals surface area contributed by atoms with Gasteiger partial charge in [0, 0.05) is 10.6 Å². The quantitative estimate of drug-likeness (QED) is 0.847. The fourth-order valence-corrected chi connectivity index (χ4v) is 1.35. The SMILES string of the molecule is Cc1cc(-c2nc(CN)no2)ccc1Cl. The van der Waals surface area contributed by atoms with Gasteiger partial charge in [0.2, 0.25) is 0 Å². The summed E-state index contributed by atoms with van der Waals surface area (Å²) in [6.07, 6.45) is 0. The van der Waals surface area contributed by atoms with Gasteiger partial charge in [-0.2, -0.15) is 4.98 Å². The summed E-state index contributed by atoms with van der Waals surface area (Å²) < 4.78 is 5.05. The lowest BCUT2D eigenvalue weighted by Crippen LogP contribution is -1.97. The highest BCUT2D eigenvalue weighted by atomic mass is 35.5. The van der Waals surface area contributed by atoms with Crippen LogP contribution in [-0.2, 0) is 6.54 Å². The molecule has 0 aliphatic heterocycles. The van der Waals surface area contributed by atoms with Crippen molar-refractivity contribution in [1.29, 1.82) is 0 Å². The van der Waals surface area contributed by atoms with E-state index in [9.17, 15) is 0 Å². The Morgan fingerprint density at radius 3 is 2.87 bits per heavy atom. The second kappa shape index (κ2) is 4.00. The van der Waals surface area contributed by atoms with Crippen molar-refractivity contribution in [3.63, 3.8) is 0 Å². The first kappa shape index (κ1) is 10.1. The predicted octanol–water partition coefficient (Wildman–Crippen LogP) is 2.16. The van der Waals surface area contributed by atoms with E-state index in [4.69, 9.17) is 21.9 Å². The van der Waals surface area contributed by atoms with Gasteiger partial charge in [-0.15, -0.1) is 0 Å². The molecule has 2 N–H and O–H groups in total. The molecule has 2 rings (SSSR count). The molecule has 5 heteroatoms. The molecule has 1 aromatic heterocycles. The second-order valence-corrected chi connectivity index (χ2v) is 3.59. The Bertz CT molecular complexity index is 481. The van der Waals surface area contributed by atoms with Crippen LogP contribution in [0.3, 0.4) is 0 Å².